The van der Waals surface area contributed by atoms with Crippen molar-refractivity contribution in [2.24, 2.45) is 0 Å². The Morgan fingerprint density at radius 1 is 0.973 bits per heavy atom. The first-order chi connectivity index (χ1) is 18.0. The van der Waals surface area contributed by atoms with Crippen LogP contribution in [0.25, 0.3) is 10.9 Å². The minimum atomic E-state index is -0.861. The molecule has 0 unspecified atom stereocenters. The number of benzene rings is 2. The molecule has 2 aromatic heterocycles. The molecule has 0 saturated carbocycles. The van der Waals surface area contributed by atoms with E-state index < -0.39 is 6.09 Å². The molecule has 2 N–H and O–H groups in total. The van der Waals surface area contributed by atoms with Crippen LogP contribution in [0.3, 0.4) is 0 Å². The molecule has 0 aliphatic carbocycles. The first-order valence-corrected chi connectivity index (χ1v) is 12.5. The van der Waals surface area contributed by atoms with Gasteiger partial charge in [-0.15, -0.1) is 0 Å². The number of nitrogens with one attached hydrogen (secondary N) is 1. The first kappa shape index (κ1) is 23.2. The summed E-state index contributed by atoms with van der Waals surface area (Å²) in [4.78, 5) is 30.6. The number of nitrogens with zero attached hydrogens (tertiary/aromatic N) is 8. The number of amides is 1. The van der Waals surface area contributed by atoms with Gasteiger partial charge in [0.25, 0.3) is 0 Å². The molecule has 37 heavy (non-hydrogen) atoms. The molecule has 11 nitrogen and oxygen atoms in total. The number of anilines is 3. The highest BCUT2D eigenvalue weighted by Crippen LogP contribution is 2.29. The van der Waals surface area contributed by atoms with Crippen LogP contribution in [0, 0.1) is 6.92 Å². The Balaban J connectivity index is 1.18. The van der Waals surface area contributed by atoms with E-state index in [1.807, 2.05) is 16.8 Å². The number of carbonyl (C=O) groups is 1. The van der Waals surface area contributed by atoms with E-state index in [2.05, 4.69) is 66.4 Å². The summed E-state index contributed by atoms with van der Waals surface area (Å²) in [6.07, 6.45) is 2.34. The number of hydrogen-bond donors (Lipinski definition) is 2. The van der Waals surface area contributed by atoms with Crippen LogP contribution in [0.5, 0.6) is 0 Å². The lowest BCUT2D eigenvalue weighted by Crippen LogP contribution is -2.48. The molecule has 2 aliphatic heterocycles. The summed E-state index contributed by atoms with van der Waals surface area (Å²) in [5.41, 5.74) is 5.37. The molecule has 4 aromatic rings. The molecule has 6 rings (SSSR count). The Morgan fingerprint density at radius 3 is 2.65 bits per heavy atom. The van der Waals surface area contributed by atoms with Gasteiger partial charge in [0.05, 0.1) is 18.6 Å². The van der Waals surface area contributed by atoms with E-state index in [1.54, 1.807) is 12.7 Å². The molecule has 2 aromatic carbocycles. The van der Waals surface area contributed by atoms with E-state index in [0.29, 0.717) is 26.2 Å². The largest absolute Gasteiger partial charge is 0.465 e. The van der Waals surface area contributed by atoms with E-state index >= 15 is 0 Å². The summed E-state index contributed by atoms with van der Waals surface area (Å²) in [5.74, 6) is 1.76. The number of hydrogen-bond acceptors (Lipinski definition) is 8. The van der Waals surface area contributed by atoms with Crippen molar-refractivity contribution >= 4 is 34.2 Å². The van der Waals surface area contributed by atoms with Crippen molar-refractivity contribution in [3.63, 3.8) is 0 Å². The molecule has 190 valence electrons. The Labute approximate surface area is 214 Å². The summed E-state index contributed by atoms with van der Waals surface area (Å²) in [6, 6.07) is 12.5. The number of carboxylic acid groups (broad SMARTS) is 1. The minimum absolute atomic E-state index is 0.493. The molecular formula is C26H29N9O2. The molecule has 0 bridgehead atoms. The van der Waals surface area contributed by atoms with E-state index in [-0.39, 0.29) is 0 Å². The van der Waals surface area contributed by atoms with Gasteiger partial charge in [0.1, 0.15) is 24.3 Å². The summed E-state index contributed by atoms with van der Waals surface area (Å²) >= 11 is 0. The van der Waals surface area contributed by atoms with Crippen LogP contribution < -0.4 is 10.2 Å². The fourth-order valence-corrected chi connectivity index (χ4v) is 5.07. The van der Waals surface area contributed by atoms with E-state index in [9.17, 15) is 9.90 Å². The molecule has 11 heteroatoms. The Kier molecular flexibility index (Phi) is 6.05. The van der Waals surface area contributed by atoms with Gasteiger partial charge >= 0.3 is 6.09 Å². The number of aryl methyl sites for hydroxylation is 1. The summed E-state index contributed by atoms with van der Waals surface area (Å²) in [6.45, 7) is 7.94. The molecule has 4 heterocycles. The van der Waals surface area contributed by atoms with E-state index in [0.717, 1.165) is 60.1 Å². The van der Waals surface area contributed by atoms with Crippen molar-refractivity contribution < 1.29 is 9.90 Å². The molecule has 0 spiro atoms. The average molecular weight is 500 g/mol. The van der Waals surface area contributed by atoms with Gasteiger partial charge in [-0.1, -0.05) is 6.07 Å². The van der Waals surface area contributed by atoms with Crippen molar-refractivity contribution in [1.82, 2.24) is 34.5 Å². The highest BCUT2D eigenvalue weighted by Gasteiger charge is 2.21. The third-order valence-corrected chi connectivity index (χ3v) is 7.22. The monoisotopic (exact) mass is 499 g/mol. The van der Waals surface area contributed by atoms with Crippen molar-refractivity contribution in [2.45, 2.75) is 26.6 Å². The van der Waals surface area contributed by atoms with Gasteiger partial charge in [0, 0.05) is 56.0 Å². The lowest BCUT2D eigenvalue weighted by atomic mass is 10.1. The maximum absolute atomic E-state index is 11.2. The first-order valence-electron chi connectivity index (χ1n) is 12.5. The lowest BCUT2D eigenvalue weighted by Gasteiger charge is -2.34. The van der Waals surface area contributed by atoms with Crippen molar-refractivity contribution in [3.05, 3.63) is 66.0 Å². The molecule has 1 saturated heterocycles. The van der Waals surface area contributed by atoms with Crippen molar-refractivity contribution in [2.75, 3.05) is 42.9 Å². The van der Waals surface area contributed by atoms with Crippen LogP contribution in [0.15, 0.2) is 49.1 Å². The van der Waals surface area contributed by atoms with E-state index in [1.165, 1.54) is 16.0 Å². The highest BCUT2D eigenvalue weighted by atomic mass is 16.4. The Hall–Kier alpha value is -4.25. The van der Waals surface area contributed by atoms with Gasteiger partial charge in [-0.3, -0.25) is 4.90 Å². The van der Waals surface area contributed by atoms with Gasteiger partial charge in [-0.05, 0) is 48.4 Å². The molecule has 2 aliphatic rings. The summed E-state index contributed by atoms with van der Waals surface area (Å²) in [5, 5.41) is 17.9. The third kappa shape index (κ3) is 4.77. The van der Waals surface area contributed by atoms with Crippen LogP contribution in [0.4, 0.5) is 22.0 Å². The maximum atomic E-state index is 11.2. The lowest BCUT2D eigenvalue weighted by molar-refractivity contribution is 0.142. The van der Waals surface area contributed by atoms with Gasteiger partial charge < -0.3 is 20.2 Å². The fraction of sp³-hybridized carbons (Fsp3) is 0.346. The molecule has 0 atom stereocenters. The van der Waals surface area contributed by atoms with Gasteiger partial charge in [0.2, 0.25) is 0 Å². The van der Waals surface area contributed by atoms with Crippen LogP contribution >= 0.6 is 0 Å². The van der Waals surface area contributed by atoms with Gasteiger partial charge in [-0.2, -0.15) is 5.10 Å². The quantitative estimate of drug-likeness (QED) is 0.427. The smallest absolute Gasteiger partial charge is 0.407 e. The summed E-state index contributed by atoms with van der Waals surface area (Å²) in [7, 11) is 0. The second kappa shape index (κ2) is 9.66. The average Bonchev–Trinajstić information content (AvgIpc) is 3.38. The predicted octanol–water partition coefficient (Wildman–Crippen LogP) is 3.09. The molecule has 1 fully saturated rings. The summed E-state index contributed by atoms with van der Waals surface area (Å²) < 4.78 is 1.98. The normalized spacial score (nSPS) is 16.1. The zero-order chi connectivity index (χ0) is 25.4. The highest BCUT2D eigenvalue weighted by molar-refractivity contribution is 5.93. The minimum Gasteiger partial charge on any atom is -0.465 e. The van der Waals surface area contributed by atoms with E-state index in [4.69, 9.17) is 0 Å². The van der Waals surface area contributed by atoms with Gasteiger partial charge in [-0.25, -0.2) is 24.4 Å². The molecular weight excluding hydrogens is 470 g/mol. The van der Waals surface area contributed by atoms with Crippen LogP contribution in [0.2, 0.25) is 0 Å². The second-order valence-corrected chi connectivity index (χ2v) is 9.56. The molecule has 1 amide bonds. The molecule has 0 radical (unpaired) electrons. The predicted molar refractivity (Wildman–Crippen MR) is 140 cm³/mol. The second-order valence-electron chi connectivity index (χ2n) is 9.56. The van der Waals surface area contributed by atoms with Gasteiger partial charge in [0.15, 0.2) is 0 Å². The zero-order valence-corrected chi connectivity index (χ0v) is 20.7. The fourth-order valence-electron chi connectivity index (χ4n) is 5.07. The number of rotatable bonds is 5. The zero-order valence-electron chi connectivity index (χ0n) is 20.7. The van der Waals surface area contributed by atoms with Crippen LogP contribution in [-0.2, 0) is 19.6 Å². The van der Waals surface area contributed by atoms with Crippen molar-refractivity contribution in [1.29, 1.82) is 0 Å². The number of fused-ring (bicyclic) bond motifs is 2. The number of aromatic nitrogens is 5. The topological polar surface area (TPSA) is 116 Å². The standard InChI is InChI=1S/C26H29N9O2/c1-18-12-20(3-2-19(18)14-32-6-11-35-24(15-32)28-17-30-35)31-25-22-13-21(4-5-23(22)27-16-29-25)33-7-9-34(10-8-33)26(36)37/h2-5,12-13,16-17H,6-11,14-15H2,1H3,(H,36,37)(H,27,29,31). The number of piperazine rings is 1. The Morgan fingerprint density at radius 2 is 1.84 bits per heavy atom. The SMILES string of the molecule is Cc1cc(Nc2ncnc3ccc(N4CCN(C(=O)O)CC4)cc23)ccc1CN1CCn2ncnc2C1. The third-order valence-electron chi connectivity index (χ3n) is 7.22. The Bertz CT molecular complexity index is 1450. The van der Waals surface area contributed by atoms with Crippen LogP contribution in [0.1, 0.15) is 17.0 Å². The maximum Gasteiger partial charge on any atom is 0.407 e. The van der Waals surface area contributed by atoms with Crippen molar-refractivity contribution in [3.8, 4) is 0 Å². The van der Waals surface area contributed by atoms with Crippen LogP contribution in [-0.4, -0.2) is 78.5 Å².